The fourth-order valence-corrected chi connectivity index (χ4v) is 6.32. The number of aromatic nitrogens is 2. The van der Waals surface area contributed by atoms with Crippen LogP contribution in [0.4, 0.5) is 13.6 Å². The van der Waals surface area contributed by atoms with E-state index in [1.165, 1.54) is 45.8 Å². The number of rotatable bonds is 5. The summed E-state index contributed by atoms with van der Waals surface area (Å²) in [7, 11) is 1.43. The quantitative estimate of drug-likeness (QED) is 0.277. The normalized spacial score (nSPS) is 14.4. The predicted molar refractivity (Wildman–Crippen MR) is 159 cm³/mol. The minimum Gasteiger partial charge on any atom is -0.496 e. The summed E-state index contributed by atoms with van der Waals surface area (Å²) in [6.45, 7) is 7.75. The van der Waals surface area contributed by atoms with Gasteiger partial charge in [-0.05, 0) is 75.9 Å². The SMILES string of the molecule is COc1cc(F)ccc1-c1cc2c(s1)c(=O)n(C1CCN(C(=O)OC(C)(C)C)CC1)c(=O)n2Cc1ccc(C)c(F)c1. The van der Waals surface area contributed by atoms with Gasteiger partial charge in [0.05, 0.1) is 19.2 Å². The van der Waals surface area contributed by atoms with Crippen LogP contribution in [0.15, 0.2) is 52.1 Å². The van der Waals surface area contributed by atoms with E-state index in [0.717, 1.165) is 0 Å². The molecule has 1 aliphatic rings. The van der Waals surface area contributed by atoms with Gasteiger partial charge in [-0.15, -0.1) is 11.3 Å². The van der Waals surface area contributed by atoms with Gasteiger partial charge in [0, 0.05) is 35.6 Å². The zero-order valence-electron chi connectivity index (χ0n) is 24.2. The number of benzene rings is 2. The zero-order chi connectivity index (χ0) is 30.3. The Labute approximate surface area is 245 Å². The standard InChI is InChI=1S/C31H33F2N3O5S/c1-18-6-7-19(14-23(18)33)17-35-24-16-26(22-9-8-20(32)15-25(22)40-5)42-27(24)28(37)36(29(35)38)21-10-12-34(13-11-21)30(39)41-31(2,3)4/h6-9,14-16,21H,10-13,17H2,1-5H3. The molecule has 0 unspecified atom stereocenters. The van der Waals surface area contributed by atoms with Crippen LogP contribution in [0.1, 0.15) is 50.8 Å². The Hall–Kier alpha value is -3.99. The Balaban J connectivity index is 1.60. The lowest BCUT2D eigenvalue weighted by molar-refractivity contribution is 0.0186. The van der Waals surface area contributed by atoms with E-state index in [1.54, 1.807) is 56.9 Å². The third kappa shape index (κ3) is 5.83. The van der Waals surface area contributed by atoms with E-state index in [1.807, 2.05) is 0 Å². The van der Waals surface area contributed by atoms with Gasteiger partial charge in [-0.3, -0.25) is 13.9 Å². The molecule has 0 spiro atoms. The van der Waals surface area contributed by atoms with E-state index in [9.17, 15) is 23.2 Å². The number of thiophene rings is 1. The number of likely N-dealkylation sites (tertiary alicyclic amines) is 1. The molecule has 5 rings (SSSR count). The second-order valence-corrected chi connectivity index (χ2v) is 12.5. The molecule has 1 saturated heterocycles. The number of ether oxygens (including phenoxy) is 2. The van der Waals surface area contributed by atoms with Crippen LogP contribution in [0.3, 0.4) is 0 Å². The van der Waals surface area contributed by atoms with Gasteiger partial charge >= 0.3 is 11.8 Å². The highest BCUT2D eigenvalue weighted by Gasteiger charge is 2.30. The maximum Gasteiger partial charge on any atom is 0.410 e. The van der Waals surface area contributed by atoms with E-state index in [0.29, 0.717) is 63.5 Å². The van der Waals surface area contributed by atoms with Crippen molar-refractivity contribution >= 4 is 27.6 Å². The van der Waals surface area contributed by atoms with Crippen molar-refractivity contribution < 1.29 is 23.0 Å². The summed E-state index contributed by atoms with van der Waals surface area (Å²) in [5.74, 6) is -0.553. The van der Waals surface area contributed by atoms with Crippen molar-refractivity contribution in [1.29, 1.82) is 0 Å². The Morgan fingerprint density at radius 1 is 1.05 bits per heavy atom. The Morgan fingerprint density at radius 2 is 1.76 bits per heavy atom. The third-order valence-electron chi connectivity index (χ3n) is 7.34. The summed E-state index contributed by atoms with van der Waals surface area (Å²) >= 11 is 1.19. The van der Waals surface area contributed by atoms with Crippen LogP contribution in [0.5, 0.6) is 5.75 Å². The highest BCUT2D eigenvalue weighted by atomic mass is 32.1. The maximum atomic E-state index is 14.4. The number of carbonyl (C=O) groups excluding carboxylic acids is 1. The average molecular weight is 598 g/mol. The lowest BCUT2D eigenvalue weighted by Gasteiger charge is -2.34. The highest BCUT2D eigenvalue weighted by molar-refractivity contribution is 7.22. The molecular formula is C31H33F2N3O5S. The number of fused-ring (bicyclic) bond motifs is 1. The number of piperidine rings is 1. The van der Waals surface area contributed by atoms with Crippen LogP contribution in [0, 0.1) is 18.6 Å². The van der Waals surface area contributed by atoms with Crippen molar-refractivity contribution in [2.24, 2.45) is 0 Å². The molecule has 0 radical (unpaired) electrons. The van der Waals surface area contributed by atoms with Gasteiger partial charge in [-0.1, -0.05) is 12.1 Å². The van der Waals surface area contributed by atoms with E-state index in [-0.39, 0.29) is 12.4 Å². The van der Waals surface area contributed by atoms with Crippen LogP contribution >= 0.6 is 11.3 Å². The molecule has 0 saturated carbocycles. The van der Waals surface area contributed by atoms with Crippen molar-refractivity contribution in [3.8, 4) is 16.2 Å². The molecule has 2 aromatic carbocycles. The molecule has 4 aromatic rings. The van der Waals surface area contributed by atoms with Gasteiger partial charge in [-0.25, -0.2) is 18.4 Å². The van der Waals surface area contributed by atoms with E-state index in [4.69, 9.17) is 9.47 Å². The van der Waals surface area contributed by atoms with Gasteiger partial charge in [0.25, 0.3) is 5.56 Å². The van der Waals surface area contributed by atoms with Crippen LogP contribution in [0.25, 0.3) is 20.7 Å². The van der Waals surface area contributed by atoms with E-state index >= 15 is 0 Å². The fraction of sp³-hybridized carbons (Fsp3) is 0.387. The molecule has 222 valence electrons. The molecule has 0 N–H and O–H groups in total. The van der Waals surface area contributed by atoms with Gasteiger partial charge < -0.3 is 14.4 Å². The number of hydrogen-bond acceptors (Lipinski definition) is 6. The third-order valence-corrected chi connectivity index (χ3v) is 8.49. The van der Waals surface area contributed by atoms with Crippen molar-refractivity contribution in [3.63, 3.8) is 0 Å². The molecule has 0 aliphatic carbocycles. The minimum absolute atomic E-state index is 0.0420. The van der Waals surface area contributed by atoms with Crippen LogP contribution in [0.2, 0.25) is 0 Å². The monoisotopic (exact) mass is 597 g/mol. The smallest absolute Gasteiger partial charge is 0.410 e. The second-order valence-electron chi connectivity index (χ2n) is 11.5. The molecule has 8 nitrogen and oxygen atoms in total. The zero-order valence-corrected chi connectivity index (χ0v) is 25.0. The lowest BCUT2D eigenvalue weighted by atomic mass is 10.1. The Morgan fingerprint density at radius 3 is 2.40 bits per heavy atom. The molecule has 2 aromatic heterocycles. The van der Waals surface area contributed by atoms with Crippen molar-refractivity contribution in [1.82, 2.24) is 14.0 Å². The highest BCUT2D eigenvalue weighted by Crippen LogP contribution is 2.38. The number of nitrogens with zero attached hydrogens (tertiary/aromatic N) is 3. The minimum atomic E-state index is -0.636. The van der Waals surface area contributed by atoms with Crippen molar-refractivity contribution in [3.05, 3.63) is 86.1 Å². The first-order chi connectivity index (χ1) is 19.9. The summed E-state index contributed by atoms with van der Waals surface area (Å²) in [5.41, 5.74) is 0.451. The fourth-order valence-electron chi connectivity index (χ4n) is 5.19. The summed E-state index contributed by atoms with van der Waals surface area (Å²) in [5, 5.41) is 0. The molecule has 1 amide bonds. The number of hydrogen-bond donors (Lipinski definition) is 0. The van der Waals surface area contributed by atoms with Crippen molar-refractivity contribution in [2.45, 2.75) is 58.7 Å². The topological polar surface area (TPSA) is 82.8 Å². The number of aryl methyl sites for hydroxylation is 1. The number of methoxy groups -OCH3 is 1. The molecule has 1 aliphatic heterocycles. The molecule has 1 fully saturated rings. The van der Waals surface area contributed by atoms with Crippen LogP contribution in [-0.2, 0) is 11.3 Å². The molecule has 0 atom stereocenters. The first-order valence-corrected chi connectivity index (χ1v) is 14.5. The largest absolute Gasteiger partial charge is 0.496 e. The lowest BCUT2D eigenvalue weighted by Crippen LogP contribution is -2.47. The van der Waals surface area contributed by atoms with E-state index in [2.05, 4.69) is 0 Å². The van der Waals surface area contributed by atoms with Crippen LogP contribution in [-0.4, -0.2) is 45.9 Å². The summed E-state index contributed by atoms with van der Waals surface area (Å²) in [6, 6.07) is 10.2. The first-order valence-electron chi connectivity index (χ1n) is 13.7. The molecule has 42 heavy (non-hydrogen) atoms. The Kier molecular flexibility index (Phi) is 7.98. The second kappa shape index (κ2) is 11.4. The average Bonchev–Trinajstić information content (AvgIpc) is 3.38. The first kappa shape index (κ1) is 29.5. The van der Waals surface area contributed by atoms with Crippen LogP contribution < -0.4 is 16.0 Å². The van der Waals surface area contributed by atoms with E-state index < -0.39 is 34.8 Å². The number of amides is 1. The number of halogens is 2. The molecule has 0 bridgehead atoms. The maximum absolute atomic E-state index is 14.4. The van der Waals surface area contributed by atoms with Crippen molar-refractivity contribution in [2.75, 3.05) is 20.2 Å². The molecule has 11 heteroatoms. The summed E-state index contributed by atoms with van der Waals surface area (Å²) in [4.78, 5) is 42.7. The summed E-state index contributed by atoms with van der Waals surface area (Å²) in [6.07, 6.45) is 0.352. The Bertz CT molecular complexity index is 1780. The predicted octanol–water partition coefficient (Wildman–Crippen LogP) is 6.11. The van der Waals surface area contributed by atoms with Gasteiger partial charge in [-0.2, -0.15) is 0 Å². The molecular weight excluding hydrogens is 564 g/mol. The van der Waals surface area contributed by atoms with Gasteiger partial charge in [0.2, 0.25) is 0 Å². The number of carbonyl (C=O) groups is 1. The molecule has 3 heterocycles. The van der Waals surface area contributed by atoms with Gasteiger partial charge in [0.1, 0.15) is 27.7 Å². The summed E-state index contributed by atoms with van der Waals surface area (Å²) < 4.78 is 42.3. The van der Waals surface area contributed by atoms with Gasteiger partial charge in [0.15, 0.2) is 0 Å².